The van der Waals surface area contributed by atoms with Gasteiger partial charge in [0.15, 0.2) is 0 Å². The lowest BCUT2D eigenvalue weighted by Crippen LogP contribution is -2.46. The molecule has 1 aliphatic heterocycles. The van der Waals surface area contributed by atoms with E-state index in [9.17, 15) is 9.59 Å². The number of hydrogen-bond donors (Lipinski definition) is 1. The summed E-state index contributed by atoms with van der Waals surface area (Å²) in [5.74, 6) is 0.445. The third-order valence-electron chi connectivity index (χ3n) is 5.41. The molecule has 0 saturated carbocycles. The van der Waals surface area contributed by atoms with Crippen LogP contribution in [0.3, 0.4) is 0 Å². The van der Waals surface area contributed by atoms with Gasteiger partial charge >= 0.3 is 0 Å². The fourth-order valence-corrected chi connectivity index (χ4v) is 3.74. The van der Waals surface area contributed by atoms with Crippen LogP contribution in [0.2, 0.25) is 0 Å². The minimum atomic E-state index is -0.174. The van der Waals surface area contributed by atoms with Gasteiger partial charge in [-0.3, -0.25) is 14.3 Å². The van der Waals surface area contributed by atoms with E-state index in [1.54, 1.807) is 22.8 Å². The Kier molecular flexibility index (Phi) is 6.02. The van der Waals surface area contributed by atoms with Gasteiger partial charge in [0.05, 0.1) is 25.9 Å². The van der Waals surface area contributed by atoms with Gasteiger partial charge in [0.1, 0.15) is 11.4 Å². The van der Waals surface area contributed by atoms with Gasteiger partial charge in [-0.2, -0.15) is 5.10 Å². The highest BCUT2D eigenvalue weighted by molar-refractivity contribution is 5.96. The van der Waals surface area contributed by atoms with Gasteiger partial charge in [-0.15, -0.1) is 0 Å². The highest BCUT2D eigenvalue weighted by Crippen LogP contribution is 2.24. The maximum atomic E-state index is 12.9. The Hall–Kier alpha value is -3.61. The summed E-state index contributed by atoms with van der Waals surface area (Å²) < 4.78 is 6.90. The minimum Gasteiger partial charge on any atom is -0.497 e. The summed E-state index contributed by atoms with van der Waals surface area (Å²) in [4.78, 5) is 26.8. The molecule has 2 aromatic carbocycles. The molecule has 1 N–H and O–H groups in total. The molecular weight excluding hydrogens is 392 g/mol. The van der Waals surface area contributed by atoms with Crippen molar-refractivity contribution in [3.63, 3.8) is 0 Å². The molecule has 0 bridgehead atoms. The van der Waals surface area contributed by atoms with Crippen molar-refractivity contribution in [2.75, 3.05) is 26.7 Å². The van der Waals surface area contributed by atoms with Gasteiger partial charge in [0.2, 0.25) is 5.91 Å². The van der Waals surface area contributed by atoms with Gasteiger partial charge in [0.25, 0.3) is 5.91 Å². The van der Waals surface area contributed by atoms with Crippen LogP contribution in [-0.4, -0.2) is 53.2 Å². The lowest BCUT2D eigenvalue weighted by atomic mass is 10.1. The van der Waals surface area contributed by atoms with Crippen LogP contribution in [0.5, 0.6) is 5.75 Å². The zero-order valence-electron chi connectivity index (χ0n) is 17.8. The summed E-state index contributed by atoms with van der Waals surface area (Å²) >= 11 is 0. The van der Waals surface area contributed by atoms with E-state index < -0.39 is 0 Å². The summed E-state index contributed by atoms with van der Waals surface area (Å²) in [7, 11) is 1.62. The van der Waals surface area contributed by atoms with Crippen LogP contribution in [0.25, 0.3) is 11.3 Å². The molecule has 7 nitrogen and oxygen atoms in total. The van der Waals surface area contributed by atoms with E-state index in [0.29, 0.717) is 25.3 Å². The molecule has 2 amide bonds. The first kappa shape index (κ1) is 20.7. The first-order chi connectivity index (χ1) is 15.0. The molecule has 0 unspecified atom stereocenters. The number of nitrogens with one attached hydrogen (secondary N) is 1. The minimum absolute atomic E-state index is 0.0513. The largest absolute Gasteiger partial charge is 0.497 e. The molecule has 1 aromatic heterocycles. The standard InChI is InChI=1S/C24H26N4O3/c1-17-4-3-5-18(14-17)10-11-25-23(29)16-27-12-13-28-22(24(27)30)15-21(26-28)19-6-8-20(31-2)9-7-19/h3-9,14-15H,10-13,16H2,1-2H3,(H,25,29). The molecule has 160 valence electrons. The van der Waals surface area contributed by atoms with Gasteiger partial charge in [-0.25, -0.2) is 0 Å². The van der Waals surface area contributed by atoms with Crippen molar-refractivity contribution in [2.24, 2.45) is 0 Å². The predicted molar refractivity (Wildman–Crippen MR) is 118 cm³/mol. The molecule has 0 aliphatic carbocycles. The van der Waals surface area contributed by atoms with Crippen molar-refractivity contribution in [1.29, 1.82) is 0 Å². The number of aromatic nitrogens is 2. The Bertz CT molecular complexity index is 1090. The van der Waals surface area contributed by atoms with Crippen LogP contribution in [0.4, 0.5) is 0 Å². The Morgan fingerprint density at radius 1 is 1.13 bits per heavy atom. The highest BCUT2D eigenvalue weighted by atomic mass is 16.5. The zero-order valence-corrected chi connectivity index (χ0v) is 17.8. The van der Waals surface area contributed by atoms with Crippen LogP contribution in [0.1, 0.15) is 21.6 Å². The number of methoxy groups -OCH3 is 1. The topological polar surface area (TPSA) is 76.5 Å². The first-order valence-corrected chi connectivity index (χ1v) is 10.4. The van der Waals surface area contributed by atoms with Gasteiger partial charge in [-0.1, -0.05) is 29.8 Å². The highest BCUT2D eigenvalue weighted by Gasteiger charge is 2.28. The molecule has 2 heterocycles. The summed E-state index contributed by atoms with van der Waals surface area (Å²) in [6.45, 7) is 3.67. The summed E-state index contributed by atoms with van der Waals surface area (Å²) in [6, 6.07) is 17.6. The average Bonchev–Trinajstić information content (AvgIpc) is 3.21. The van der Waals surface area contributed by atoms with Crippen LogP contribution < -0.4 is 10.1 Å². The first-order valence-electron chi connectivity index (χ1n) is 10.4. The van der Waals surface area contributed by atoms with Crippen LogP contribution in [-0.2, 0) is 17.8 Å². The Labute approximate surface area is 181 Å². The van der Waals surface area contributed by atoms with Crippen molar-refractivity contribution < 1.29 is 14.3 Å². The van der Waals surface area contributed by atoms with Crippen LogP contribution in [0.15, 0.2) is 54.6 Å². The van der Waals surface area contributed by atoms with Gasteiger partial charge in [-0.05, 0) is 49.2 Å². The number of carbonyl (C=O) groups is 2. The molecular formula is C24H26N4O3. The van der Waals surface area contributed by atoms with Crippen LogP contribution >= 0.6 is 0 Å². The number of ether oxygens (including phenoxy) is 1. The summed E-state index contributed by atoms with van der Waals surface area (Å²) in [5, 5.41) is 7.48. The fourth-order valence-electron chi connectivity index (χ4n) is 3.74. The Morgan fingerprint density at radius 2 is 1.94 bits per heavy atom. The number of benzene rings is 2. The molecule has 0 radical (unpaired) electrons. The molecule has 0 spiro atoms. The fraction of sp³-hybridized carbons (Fsp3) is 0.292. The number of aryl methyl sites for hydroxylation is 1. The molecule has 3 aromatic rings. The van der Waals surface area contributed by atoms with E-state index in [1.165, 1.54) is 11.1 Å². The van der Waals surface area contributed by atoms with Crippen LogP contribution in [0, 0.1) is 6.92 Å². The van der Waals surface area contributed by atoms with E-state index in [4.69, 9.17) is 4.74 Å². The normalized spacial score (nSPS) is 13.1. The van der Waals surface area contributed by atoms with Gasteiger partial charge in [0, 0.05) is 18.7 Å². The third-order valence-corrected chi connectivity index (χ3v) is 5.41. The summed E-state index contributed by atoms with van der Waals surface area (Å²) in [6.07, 6.45) is 0.763. The third kappa shape index (κ3) is 4.77. The maximum absolute atomic E-state index is 12.9. The van der Waals surface area contributed by atoms with Crippen molar-refractivity contribution in [3.8, 4) is 17.0 Å². The number of carbonyl (C=O) groups excluding carboxylic acids is 2. The quantitative estimate of drug-likeness (QED) is 0.640. The average molecular weight is 418 g/mol. The number of fused-ring (bicyclic) bond motifs is 1. The predicted octanol–water partition coefficient (Wildman–Crippen LogP) is 2.68. The van der Waals surface area contributed by atoms with E-state index in [2.05, 4.69) is 35.5 Å². The molecule has 0 fully saturated rings. The van der Waals surface area contributed by atoms with Crippen molar-refractivity contribution in [1.82, 2.24) is 20.0 Å². The smallest absolute Gasteiger partial charge is 0.272 e. The Morgan fingerprint density at radius 3 is 2.68 bits per heavy atom. The lowest BCUT2D eigenvalue weighted by molar-refractivity contribution is -0.121. The number of hydrogen-bond acceptors (Lipinski definition) is 4. The molecule has 0 atom stereocenters. The monoisotopic (exact) mass is 418 g/mol. The lowest BCUT2D eigenvalue weighted by Gasteiger charge is -2.26. The molecule has 1 aliphatic rings. The van der Waals surface area contributed by atoms with E-state index >= 15 is 0 Å². The van der Waals surface area contributed by atoms with Crippen molar-refractivity contribution >= 4 is 11.8 Å². The second-order valence-electron chi connectivity index (χ2n) is 7.68. The zero-order chi connectivity index (χ0) is 21.8. The van der Waals surface area contributed by atoms with Crippen molar-refractivity contribution in [2.45, 2.75) is 19.9 Å². The number of rotatable bonds is 7. The molecule has 7 heteroatoms. The van der Waals surface area contributed by atoms with E-state index in [1.807, 2.05) is 30.3 Å². The SMILES string of the molecule is COc1ccc(-c2cc3n(n2)CCN(CC(=O)NCCc2cccc(C)c2)C3=O)cc1. The second kappa shape index (κ2) is 9.04. The molecule has 4 rings (SSSR count). The molecule has 0 saturated heterocycles. The Balaban J connectivity index is 1.35. The molecule has 31 heavy (non-hydrogen) atoms. The summed E-state index contributed by atoms with van der Waals surface area (Å²) in [5.41, 5.74) is 4.54. The number of nitrogens with zero attached hydrogens (tertiary/aromatic N) is 3. The van der Waals surface area contributed by atoms with Crippen molar-refractivity contribution in [3.05, 3.63) is 71.4 Å². The van der Waals surface area contributed by atoms with E-state index in [-0.39, 0.29) is 18.4 Å². The second-order valence-corrected chi connectivity index (χ2v) is 7.68. The number of amides is 2. The van der Waals surface area contributed by atoms with Gasteiger partial charge < -0.3 is 15.0 Å². The van der Waals surface area contributed by atoms with E-state index in [0.717, 1.165) is 23.4 Å². The maximum Gasteiger partial charge on any atom is 0.272 e.